The van der Waals surface area contributed by atoms with Crippen LogP contribution in [0.1, 0.15) is 20.8 Å². The first-order valence-corrected chi connectivity index (χ1v) is 12.1. The summed E-state index contributed by atoms with van der Waals surface area (Å²) in [6, 6.07) is 11.9. The zero-order chi connectivity index (χ0) is 22.1. The zero-order valence-corrected chi connectivity index (χ0v) is 19.3. The Kier molecular flexibility index (Phi) is 9.01. The number of nitrogens with one attached hydrogen (secondary N) is 1. The monoisotopic (exact) mass is 452 g/mol. The van der Waals surface area contributed by atoms with Crippen molar-refractivity contribution in [1.82, 2.24) is 4.31 Å². The number of sulfonamides is 1. The van der Waals surface area contributed by atoms with E-state index in [2.05, 4.69) is 5.32 Å². The lowest BCUT2D eigenvalue weighted by atomic mass is 10.3. The van der Waals surface area contributed by atoms with Crippen LogP contribution in [0.25, 0.3) is 0 Å². The Hall–Kier alpha value is -2.23. The maximum absolute atomic E-state index is 12.8. The highest BCUT2D eigenvalue weighted by Crippen LogP contribution is 2.30. The summed E-state index contributed by atoms with van der Waals surface area (Å²) in [5, 5.41) is 2.78. The van der Waals surface area contributed by atoms with Crippen LogP contribution in [0.5, 0.6) is 11.5 Å². The topological polar surface area (TPSA) is 84.9 Å². The van der Waals surface area contributed by atoms with Crippen LogP contribution in [0.15, 0.2) is 52.3 Å². The van der Waals surface area contributed by atoms with Gasteiger partial charge in [-0.05, 0) is 49.4 Å². The fourth-order valence-electron chi connectivity index (χ4n) is 2.77. The highest BCUT2D eigenvalue weighted by atomic mass is 32.2. The van der Waals surface area contributed by atoms with E-state index in [0.29, 0.717) is 31.1 Å². The molecule has 0 aliphatic carbocycles. The predicted molar refractivity (Wildman–Crippen MR) is 120 cm³/mol. The van der Waals surface area contributed by atoms with Crippen LogP contribution >= 0.6 is 11.8 Å². The van der Waals surface area contributed by atoms with Crippen molar-refractivity contribution in [2.45, 2.75) is 30.6 Å². The number of ether oxygens (including phenoxy) is 2. The van der Waals surface area contributed by atoms with Gasteiger partial charge in [0.2, 0.25) is 15.9 Å². The lowest BCUT2D eigenvalue weighted by Crippen LogP contribution is -2.30. The molecule has 0 aliphatic heterocycles. The molecule has 0 radical (unpaired) electrons. The molecule has 0 spiro atoms. The van der Waals surface area contributed by atoms with Gasteiger partial charge in [0.05, 0.1) is 30.1 Å². The summed E-state index contributed by atoms with van der Waals surface area (Å²) in [5.41, 5.74) is 0.338. The Labute approximate surface area is 182 Å². The number of benzene rings is 2. The van der Waals surface area contributed by atoms with E-state index in [1.54, 1.807) is 27.0 Å². The molecule has 0 fully saturated rings. The van der Waals surface area contributed by atoms with E-state index in [1.165, 1.54) is 28.2 Å². The summed E-state index contributed by atoms with van der Waals surface area (Å²) in [5.74, 6) is 1.09. The number of nitrogens with zero attached hydrogens (tertiary/aromatic N) is 1. The van der Waals surface area contributed by atoms with Crippen molar-refractivity contribution in [1.29, 1.82) is 0 Å². The van der Waals surface area contributed by atoms with Crippen molar-refractivity contribution in [3.05, 3.63) is 42.5 Å². The van der Waals surface area contributed by atoms with E-state index in [9.17, 15) is 13.2 Å². The Morgan fingerprint density at radius 2 is 1.73 bits per heavy atom. The third-order valence-electron chi connectivity index (χ3n) is 4.30. The van der Waals surface area contributed by atoms with Crippen LogP contribution in [0.4, 0.5) is 5.69 Å². The fourth-order valence-corrected chi connectivity index (χ4v) is 4.95. The standard InChI is InChI=1S/C21H28N2O5S2/c1-5-23(6-2)30(25,26)18-12-13-20(28-7-3)19(14-18)22-21(24)15-29-17-10-8-16(27-4)9-11-17/h8-14H,5-7,15H2,1-4H3,(H,22,24). The SMILES string of the molecule is CCOc1ccc(S(=O)(=O)N(CC)CC)cc1NC(=O)CSc1ccc(OC)cc1. The second-order valence-corrected chi connectivity index (χ2v) is 9.18. The van der Waals surface area contributed by atoms with Gasteiger partial charge in [-0.2, -0.15) is 4.31 Å². The number of carbonyl (C=O) groups is 1. The molecule has 1 amide bonds. The number of amides is 1. The maximum atomic E-state index is 12.8. The van der Waals surface area contributed by atoms with Crippen LogP contribution in [0, 0.1) is 0 Å². The minimum atomic E-state index is -3.64. The fraction of sp³-hybridized carbons (Fsp3) is 0.381. The second-order valence-electron chi connectivity index (χ2n) is 6.19. The highest BCUT2D eigenvalue weighted by Gasteiger charge is 2.23. The molecular weight excluding hydrogens is 424 g/mol. The van der Waals surface area contributed by atoms with Crippen molar-refractivity contribution >= 4 is 33.4 Å². The lowest BCUT2D eigenvalue weighted by molar-refractivity contribution is -0.113. The van der Waals surface area contributed by atoms with Crippen molar-refractivity contribution in [2.24, 2.45) is 0 Å². The molecular formula is C21H28N2O5S2. The van der Waals surface area contributed by atoms with E-state index in [0.717, 1.165) is 10.6 Å². The minimum Gasteiger partial charge on any atom is -0.497 e. The van der Waals surface area contributed by atoms with Gasteiger partial charge >= 0.3 is 0 Å². The van der Waals surface area contributed by atoms with Crippen LogP contribution in [0.2, 0.25) is 0 Å². The smallest absolute Gasteiger partial charge is 0.243 e. The first-order chi connectivity index (χ1) is 14.3. The second kappa shape index (κ2) is 11.2. The van der Waals surface area contributed by atoms with Gasteiger partial charge in [0.25, 0.3) is 0 Å². The van der Waals surface area contributed by atoms with Crippen molar-refractivity contribution < 1.29 is 22.7 Å². The average molecular weight is 453 g/mol. The molecule has 7 nitrogen and oxygen atoms in total. The van der Waals surface area contributed by atoms with E-state index >= 15 is 0 Å². The van der Waals surface area contributed by atoms with Crippen molar-refractivity contribution in [3.63, 3.8) is 0 Å². The number of methoxy groups -OCH3 is 1. The largest absolute Gasteiger partial charge is 0.497 e. The molecule has 0 aromatic heterocycles. The molecule has 0 bridgehead atoms. The number of rotatable bonds is 11. The molecule has 0 atom stereocenters. The summed E-state index contributed by atoms with van der Waals surface area (Å²) in [6.45, 7) is 6.53. The molecule has 164 valence electrons. The number of carbonyl (C=O) groups excluding carboxylic acids is 1. The Morgan fingerprint density at radius 1 is 1.07 bits per heavy atom. The van der Waals surface area contributed by atoms with Gasteiger partial charge in [-0.1, -0.05) is 13.8 Å². The normalized spacial score (nSPS) is 11.4. The summed E-state index contributed by atoms with van der Waals surface area (Å²) < 4.78 is 37.7. The minimum absolute atomic E-state index is 0.118. The van der Waals surface area contributed by atoms with Gasteiger partial charge in [0.15, 0.2) is 0 Å². The van der Waals surface area contributed by atoms with Gasteiger partial charge in [-0.3, -0.25) is 4.79 Å². The van der Waals surface area contributed by atoms with Gasteiger partial charge in [-0.25, -0.2) is 8.42 Å². The zero-order valence-electron chi connectivity index (χ0n) is 17.7. The summed E-state index contributed by atoms with van der Waals surface area (Å²) in [7, 11) is -2.05. The van der Waals surface area contributed by atoms with Crippen molar-refractivity contribution in [3.8, 4) is 11.5 Å². The predicted octanol–water partition coefficient (Wildman–Crippen LogP) is 3.86. The van der Waals surface area contributed by atoms with Gasteiger partial charge in [-0.15, -0.1) is 11.8 Å². The highest BCUT2D eigenvalue weighted by molar-refractivity contribution is 8.00. The van der Waals surface area contributed by atoms with Gasteiger partial charge < -0.3 is 14.8 Å². The molecule has 0 unspecified atom stereocenters. The number of anilines is 1. The van der Waals surface area contributed by atoms with Gasteiger partial charge in [0.1, 0.15) is 11.5 Å². The molecule has 1 N–H and O–H groups in total. The van der Waals surface area contributed by atoms with Crippen LogP contribution in [0.3, 0.4) is 0 Å². The molecule has 0 saturated heterocycles. The van der Waals surface area contributed by atoms with E-state index < -0.39 is 10.0 Å². The molecule has 0 saturated carbocycles. The third kappa shape index (κ3) is 6.13. The van der Waals surface area contributed by atoms with E-state index in [-0.39, 0.29) is 16.6 Å². The van der Waals surface area contributed by atoms with E-state index in [4.69, 9.17) is 9.47 Å². The molecule has 30 heavy (non-hydrogen) atoms. The summed E-state index contributed by atoms with van der Waals surface area (Å²) >= 11 is 1.37. The van der Waals surface area contributed by atoms with Crippen LogP contribution in [-0.4, -0.2) is 51.2 Å². The summed E-state index contributed by atoms with van der Waals surface area (Å²) in [6.07, 6.45) is 0. The first-order valence-electron chi connectivity index (χ1n) is 9.69. The third-order valence-corrected chi connectivity index (χ3v) is 7.36. The Morgan fingerprint density at radius 3 is 2.30 bits per heavy atom. The average Bonchev–Trinajstić information content (AvgIpc) is 2.74. The van der Waals surface area contributed by atoms with Crippen LogP contribution < -0.4 is 14.8 Å². The molecule has 2 aromatic carbocycles. The number of hydrogen-bond acceptors (Lipinski definition) is 6. The molecule has 0 aliphatic rings. The molecule has 9 heteroatoms. The van der Waals surface area contributed by atoms with Crippen molar-refractivity contribution in [2.75, 3.05) is 37.9 Å². The number of hydrogen-bond donors (Lipinski definition) is 1. The van der Waals surface area contributed by atoms with Gasteiger partial charge in [0, 0.05) is 18.0 Å². The molecule has 2 aromatic rings. The lowest BCUT2D eigenvalue weighted by Gasteiger charge is -2.20. The van der Waals surface area contributed by atoms with E-state index in [1.807, 2.05) is 31.2 Å². The number of thioether (sulfide) groups is 1. The van der Waals surface area contributed by atoms with Crippen LogP contribution in [-0.2, 0) is 14.8 Å². The molecule has 0 heterocycles. The maximum Gasteiger partial charge on any atom is 0.243 e. The first kappa shape index (κ1) is 24.0. The quantitative estimate of drug-likeness (QED) is 0.521. The Balaban J connectivity index is 2.17. The Bertz CT molecular complexity index is 942. The summed E-state index contributed by atoms with van der Waals surface area (Å²) in [4.78, 5) is 13.5. The molecule has 2 rings (SSSR count).